The van der Waals surface area contributed by atoms with Crippen molar-refractivity contribution in [1.82, 2.24) is 10.2 Å². The molecule has 4 heteroatoms. The predicted octanol–water partition coefficient (Wildman–Crippen LogP) is 2.08. The number of carbonyl (C=O) groups excluding carboxylic acids is 2. The van der Waals surface area contributed by atoms with Crippen LogP contribution in [0, 0.1) is 5.92 Å². The van der Waals surface area contributed by atoms with E-state index in [2.05, 4.69) is 12.2 Å². The lowest BCUT2D eigenvalue weighted by Crippen LogP contribution is -2.39. The fourth-order valence-corrected chi connectivity index (χ4v) is 3.42. The minimum Gasteiger partial charge on any atom is -0.314 e. The van der Waals surface area contributed by atoms with Crippen molar-refractivity contribution in [1.29, 1.82) is 0 Å². The maximum absolute atomic E-state index is 11.9. The molecule has 4 nitrogen and oxygen atoms in total. The normalized spacial score (nSPS) is 28.8. The number of hydrogen-bond acceptors (Lipinski definition) is 3. The summed E-state index contributed by atoms with van der Waals surface area (Å²) in [6, 6.07) is 0.585. The van der Waals surface area contributed by atoms with Crippen LogP contribution in [0.2, 0.25) is 0 Å². The summed E-state index contributed by atoms with van der Waals surface area (Å²) in [7, 11) is 0. The smallest absolute Gasteiger partial charge is 0.229 e. The fourth-order valence-electron chi connectivity index (χ4n) is 3.42. The van der Waals surface area contributed by atoms with Gasteiger partial charge in [-0.3, -0.25) is 14.5 Å². The molecule has 2 fully saturated rings. The molecule has 2 unspecified atom stereocenters. The second-order valence-electron chi connectivity index (χ2n) is 5.79. The SMILES string of the molecule is CCNC1CCCC1CCN1C(=O)CCCCC1=O. The molecular weight excluding hydrogens is 240 g/mol. The first kappa shape index (κ1) is 14.5. The first-order chi connectivity index (χ1) is 9.22. The minimum absolute atomic E-state index is 0.0421. The van der Waals surface area contributed by atoms with Crippen LogP contribution in [-0.2, 0) is 9.59 Å². The highest BCUT2D eigenvalue weighted by Crippen LogP contribution is 2.29. The van der Waals surface area contributed by atoms with Crippen molar-refractivity contribution in [2.24, 2.45) is 5.92 Å². The van der Waals surface area contributed by atoms with Gasteiger partial charge in [-0.1, -0.05) is 13.3 Å². The molecule has 1 aliphatic heterocycles. The Morgan fingerprint density at radius 3 is 2.42 bits per heavy atom. The largest absolute Gasteiger partial charge is 0.314 e. The van der Waals surface area contributed by atoms with Gasteiger partial charge in [0.25, 0.3) is 0 Å². The maximum atomic E-state index is 11.9. The second-order valence-corrected chi connectivity index (χ2v) is 5.79. The number of nitrogens with one attached hydrogen (secondary N) is 1. The monoisotopic (exact) mass is 266 g/mol. The Balaban J connectivity index is 1.86. The van der Waals surface area contributed by atoms with Gasteiger partial charge in [0.15, 0.2) is 0 Å². The average molecular weight is 266 g/mol. The molecule has 0 aromatic rings. The molecule has 0 aromatic heterocycles. The van der Waals surface area contributed by atoms with Crippen LogP contribution in [-0.4, -0.2) is 35.8 Å². The quantitative estimate of drug-likeness (QED) is 0.775. The summed E-state index contributed by atoms with van der Waals surface area (Å²) < 4.78 is 0. The highest BCUT2D eigenvalue weighted by Gasteiger charge is 2.29. The van der Waals surface area contributed by atoms with Crippen molar-refractivity contribution in [3.63, 3.8) is 0 Å². The lowest BCUT2D eigenvalue weighted by Gasteiger charge is -2.24. The van der Waals surface area contributed by atoms with Gasteiger partial charge >= 0.3 is 0 Å². The fraction of sp³-hybridized carbons (Fsp3) is 0.867. The summed E-state index contributed by atoms with van der Waals surface area (Å²) in [5, 5.41) is 3.53. The predicted molar refractivity (Wildman–Crippen MR) is 74.6 cm³/mol. The summed E-state index contributed by atoms with van der Waals surface area (Å²) >= 11 is 0. The van der Waals surface area contributed by atoms with Crippen LogP contribution in [0.5, 0.6) is 0 Å². The van der Waals surface area contributed by atoms with Crippen LogP contribution in [0.4, 0.5) is 0 Å². The molecule has 0 spiro atoms. The topological polar surface area (TPSA) is 49.4 Å². The van der Waals surface area contributed by atoms with Crippen LogP contribution in [0.3, 0.4) is 0 Å². The van der Waals surface area contributed by atoms with Gasteiger partial charge in [0.2, 0.25) is 11.8 Å². The summed E-state index contributed by atoms with van der Waals surface area (Å²) in [5.41, 5.74) is 0. The molecule has 0 bridgehead atoms. The van der Waals surface area contributed by atoms with Crippen molar-refractivity contribution < 1.29 is 9.59 Å². The van der Waals surface area contributed by atoms with Crippen molar-refractivity contribution in [2.75, 3.05) is 13.1 Å². The van der Waals surface area contributed by atoms with Gasteiger partial charge in [-0.15, -0.1) is 0 Å². The summed E-state index contributed by atoms with van der Waals surface area (Å²) in [5.74, 6) is 0.713. The van der Waals surface area contributed by atoms with Crippen LogP contribution in [0.25, 0.3) is 0 Å². The van der Waals surface area contributed by atoms with E-state index in [0.717, 1.165) is 25.8 Å². The van der Waals surface area contributed by atoms with Crippen LogP contribution in [0.1, 0.15) is 58.3 Å². The molecule has 0 radical (unpaired) electrons. The molecule has 1 aliphatic carbocycles. The van der Waals surface area contributed by atoms with Gasteiger partial charge < -0.3 is 5.32 Å². The maximum Gasteiger partial charge on any atom is 0.229 e. The highest BCUT2D eigenvalue weighted by atomic mass is 16.2. The number of imide groups is 1. The van der Waals surface area contributed by atoms with Gasteiger partial charge in [0.1, 0.15) is 0 Å². The first-order valence-corrected chi connectivity index (χ1v) is 7.79. The molecule has 19 heavy (non-hydrogen) atoms. The molecule has 2 atom stereocenters. The van der Waals surface area contributed by atoms with Crippen LogP contribution >= 0.6 is 0 Å². The molecule has 1 saturated carbocycles. The standard InChI is InChI=1S/C15H26N2O2/c1-2-16-13-7-5-6-12(13)10-11-17-14(18)8-3-4-9-15(17)19/h12-13,16H,2-11H2,1H3. The minimum atomic E-state index is 0.0421. The Labute approximate surface area is 115 Å². The van der Waals surface area contributed by atoms with Crippen LogP contribution < -0.4 is 5.32 Å². The first-order valence-electron chi connectivity index (χ1n) is 7.79. The van der Waals surface area contributed by atoms with E-state index in [4.69, 9.17) is 0 Å². The summed E-state index contributed by atoms with van der Waals surface area (Å²) in [4.78, 5) is 25.4. The second kappa shape index (κ2) is 7.04. The Bertz CT molecular complexity index is 312. The summed E-state index contributed by atoms with van der Waals surface area (Å²) in [6.45, 7) is 3.77. The van der Waals surface area contributed by atoms with Gasteiger partial charge in [-0.05, 0) is 44.6 Å². The molecule has 2 amide bonds. The lowest BCUT2D eigenvalue weighted by atomic mass is 9.99. The van der Waals surface area contributed by atoms with E-state index in [0.29, 0.717) is 31.3 Å². The number of likely N-dealkylation sites (tertiary alicyclic amines) is 1. The van der Waals surface area contributed by atoms with E-state index in [1.807, 2.05) is 0 Å². The van der Waals surface area contributed by atoms with Crippen molar-refractivity contribution >= 4 is 11.8 Å². The Kier molecular flexibility index (Phi) is 5.37. The molecule has 0 aromatic carbocycles. The Hall–Kier alpha value is -0.900. The molecule has 2 aliphatic rings. The zero-order valence-electron chi connectivity index (χ0n) is 12.0. The number of carbonyl (C=O) groups is 2. The van der Waals surface area contributed by atoms with E-state index in [9.17, 15) is 9.59 Å². The van der Waals surface area contributed by atoms with E-state index < -0.39 is 0 Å². The number of rotatable bonds is 5. The Morgan fingerprint density at radius 1 is 1.11 bits per heavy atom. The van der Waals surface area contributed by atoms with Crippen LogP contribution in [0.15, 0.2) is 0 Å². The van der Waals surface area contributed by atoms with Crippen molar-refractivity contribution in [2.45, 2.75) is 64.3 Å². The zero-order chi connectivity index (χ0) is 13.7. The van der Waals surface area contributed by atoms with Gasteiger partial charge in [-0.2, -0.15) is 0 Å². The van der Waals surface area contributed by atoms with E-state index >= 15 is 0 Å². The van der Waals surface area contributed by atoms with E-state index in [-0.39, 0.29) is 11.8 Å². The summed E-state index contributed by atoms with van der Waals surface area (Å²) in [6.07, 6.45) is 7.53. The molecule has 1 N–H and O–H groups in total. The van der Waals surface area contributed by atoms with Crippen molar-refractivity contribution in [3.05, 3.63) is 0 Å². The molecular formula is C15H26N2O2. The molecule has 108 valence electrons. The third-order valence-corrected chi connectivity index (χ3v) is 4.48. The Morgan fingerprint density at radius 2 is 1.79 bits per heavy atom. The van der Waals surface area contributed by atoms with Gasteiger partial charge in [0.05, 0.1) is 0 Å². The van der Waals surface area contributed by atoms with E-state index in [1.165, 1.54) is 24.2 Å². The average Bonchev–Trinajstić information content (AvgIpc) is 2.76. The van der Waals surface area contributed by atoms with E-state index in [1.54, 1.807) is 0 Å². The molecule has 1 heterocycles. The molecule has 1 saturated heterocycles. The van der Waals surface area contributed by atoms with Gasteiger partial charge in [-0.25, -0.2) is 0 Å². The van der Waals surface area contributed by atoms with Gasteiger partial charge in [0, 0.05) is 25.4 Å². The lowest BCUT2D eigenvalue weighted by molar-refractivity contribution is -0.144. The molecule has 2 rings (SSSR count). The third-order valence-electron chi connectivity index (χ3n) is 4.48. The number of hydrogen-bond donors (Lipinski definition) is 1. The highest BCUT2D eigenvalue weighted by molar-refractivity contribution is 5.95. The third kappa shape index (κ3) is 3.78. The number of amides is 2. The zero-order valence-corrected chi connectivity index (χ0v) is 12.0. The van der Waals surface area contributed by atoms with Crippen molar-refractivity contribution in [3.8, 4) is 0 Å². The number of nitrogens with zero attached hydrogens (tertiary/aromatic N) is 1.